The lowest BCUT2D eigenvalue weighted by molar-refractivity contribution is 0.0697. The van der Waals surface area contributed by atoms with Crippen molar-refractivity contribution in [2.24, 2.45) is 0 Å². The van der Waals surface area contributed by atoms with Crippen molar-refractivity contribution in [1.29, 1.82) is 0 Å². The molecule has 0 bridgehead atoms. The summed E-state index contributed by atoms with van der Waals surface area (Å²) in [7, 11) is 0. The van der Waals surface area contributed by atoms with Crippen molar-refractivity contribution in [3.8, 4) is 0 Å². The topological polar surface area (TPSA) is 63.3 Å². The number of hydrogen-bond acceptors (Lipinski definition) is 2. The molecule has 0 aliphatic carbocycles. The fourth-order valence-electron chi connectivity index (χ4n) is 1.26. The Hall–Kier alpha value is -2.29. The Bertz CT molecular complexity index is 480. The van der Waals surface area contributed by atoms with Crippen LogP contribution in [-0.4, -0.2) is 11.1 Å². The first-order chi connectivity index (χ1) is 8.49. The van der Waals surface area contributed by atoms with Crippen LogP contribution in [0.1, 0.15) is 21.5 Å². The third kappa shape index (κ3) is 4.70. The van der Waals surface area contributed by atoms with Crippen molar-refractivity contribution < 1.29 is 9.90 Å². The minimum absolute atomic E-state index is 0.339. The zero-order chi connectivity index (χ0) is 13.5. The molecule has 0 saturated heterocycles. The van der Waals surface area contributed by atoms with Gasteiger partial charge in [0, 0.05) is 5.69 Å². The number of rotatable bonds is 1. The van der Waals surface area contributed by atoms with E-state index >= 15 is 0 Å². The van der Waals surface area contributed by atoms with E-state index in [0.29, 0.717) is 5.56 Å². The van der Waals surface area contributed by atoms with Gasteiger partial charge in [-0.05, 0) is 38.1 Å². The maximum atomic E-state index is 10.3. The van der Waals surface area contributed by atoms with Crippen LogP contribution in [0.5, 0.6) is 0 Å². The van der Waals surface area contributed by atoms with Crippen molar-refractivity contribution in [3.63, 3.8) is 0 Å². The van der Waals surface area contributed by atoms with Crippen LogP contribution in [0.3, 0.4) is 0 Å². The summed E-state index contributed by atoms with van der Waals surface area (Å²) in [5.41, 5.74) is 8.92. The maximum absolute atomic E-state index is 10.3. The van der Waals surface area contributed by atoms with E-state index in [-0.39, 0.29) is 0 Å². The van der Waals surface area contributed by atoms with Crippen LogP contribution in [0.15, 0.2) is 48.5 Å². The van der Waals surface area contributed by atoms with Gasteiger partial charge >= 0.3 is 5.97 Å². The van der Waals surface area contributed by atoms with Crippen LogP contribution >= 0.6 is 0 Å². The molecule has 2 rings (SSSR count). The highest BCUT2D eigenvalue weighted by atomic mass is 16.4. The number of aryl methyl sites for hydroxylation is 2. The molecule has 3 heteroatoms. The number of aromatic carboxylic acids is 1. The van der Waals surface area contributed by atoms with E-state index in [0.717, 1.165) is 11.3 Å². The molecule has 2 aromatic rings. The molecular weight excluding hydrogens is 226 g/mol. The van der Waals surface area contributed by atoms with Crippen LogP contribution in [0.25, 0.3) is 0 Å². The summed E-state index contributed by atoms with van der Waals surface area (Å²) >= 11 is 0. The van der Waals surface area contributed by atoms with Gasteiger partial charge in [0.05, 0.1) is 5.56 Å². The summed E-state index contributed by atoms with van der Waals surface area (Å²) < 4.78 is 0. The van der Waals surface area contributed by atoms with Crippen LogP contribution in [-0.2, 0) is 0 Å². The molecule has 0 fully saturated rings. The molecule has 0 unspecified atom stereocenters. The van der Waals surface area contributed by atoms with E-state index in [4.69, 9.17) is 10.8 Å². The largest absolute Gasteiger partial charge is 0.478 e. The minimum Gasteiger partial charge on any atom is -0.478 e. The molecule has 2 aromatic carbocycles. The number of benzene rings is 2. The van der Waals surface area contributed by atoms with Gasteiger partial charge in [0.2, 0.25) is 0 Å². The van der Waals surface area contributed by atoms with E-state index < -0.39 is 5.97 Å². The summed E-state index contributed by atoms with van der Waals surface area (Å²) in [5.74, 6) is -0.875. The zero-order valence-electron chi connectivity index (χ0n) is 10.6. The summed E-state index contributed by atoms with van der Waals surface area (Å²) in [5, 5.41) is 8.48. The van der Waals surface area contributed by atoms with Gasteiger partial charge in [-0.1, -0.05) is 35.4 Å². The van der Waals surface area contributed by atoms with Gasteiger partial charge in [-0.2, -0.15) is 0 Å². The minimum atomic E-state index is -0.875. The van der Waals surface area contributed by atoms with Crippen LogP contribution in [0, 0.1) is 13.8 Å². The van der Waals surface area contributed by atoms with Gasteiger partial charge in [0.15, 0.2) is 0 Å². The number of carboxylic acid groups (broad SMARTS) is 1. The predicted octanol–water partition coefficient (Wildman–Crippen LogP) is 3.27. The molecule has 0 radical (unpaired) electrons. The van der Waals surface area contributed by atoms with Crippen molar-refractivity contribution in [2.75, 3.05) is 5.73 Å². The van der Waals surface area contributed by atoms with E-state index in [1.807, 2.05) is 38.1 Å². The van der Waals surface area contributed by atoms with Crippen LogP contribution < -0.4 is 5.73 Å². The second-order valence-electron chi connectivity index (χ2n) is 4.08. The molecule has 0 aliphatic heterocycles. The fourth-order valence-corrected chi connectivity index (χ4v) is 1.26. The maximum Gasteiger partial charge on any atom is 0.335 e. The van der Waals surface area contributed by atoms with Gasteiger partial charge in [-0.25, -0.2) is 4.79 Å². The number of anilines is 1. The normalized spacial score (nSPS) is 9.22. The first kappa shape index (κ1) is 13.8. The summed E-state index contributed by atoms with van der Waals surface area (Å²) in [6.07, 6.45) is 0. The van der Waals surface area contributed by atoms with Crippen molar-refractivity contribution in [2.45, 2.75) is 13.8 Å². The number of nitrogens with two attached hydrogens (primary N) is 1. The smallest absolute Gasteiger partial charge is 0.335 e. The lowest BCUT2D eigenvalue weighted by Gasteiger charge is -1.92. The van der Waals surface area contributed by atoms with Gasteiger partial charge in [0.1, 0.15) is 0 Å². The van der Waals surface area contributed by atoms with E-state index in [1.54, 1.807) is 24.3 Å². The second kappa shape index (κ2) is 6.45. The van der Waals surface area contributed by atoms with Crippen molar-refractivity contribution in [1.82, 2.24) is 0 Å². The average molecular weight is 243 g/mol. The Morgan fingerprint density at radius 2 is 1.28 bits per heavy atom. The Morgan fingerprint density at radius 3 is 1.61 bits per heavy atom. The van der Waals surface area contributed by atoms with E-state index in [9.17, 15) is 4.79 Å². The molecule has 0 amide bonds. The Kier molecular flexibility index (Phi) is 4.93. The molecule has 94 valence electrons. The van der Waals surface area contributed by atoms with Gasteiger partial charge in [0.25, 0.3) is 0 Å². The number of carbonyl (C=O) groups is 1. The molecule has 0 atom stereocenters. The number of carboxylic acids is 1. The molecule has 0 saturated carbocycles. The molecule has 0 aliphatic rings. The highest BCUT2D eigenvalue weighted by Crippen LogP contribution is 2.02. The second-order valence-corrected chi connectivity index (χ2v) is 4.08. The highest BCUT2D eigenvalue weighted by Gasteiger charge is 1.98. The molecule has 0 aromatic heterocycles. The van der Waals surface area contributed by atoms with Crippen LogP contribution in [0.2, 0.25) is 0 Å². The average Bonchev–Trinajstić information content (AvgIpc) is 2.34. The SMILES string of the molecule is Cc1ccc(C(=O)O)cc1.Cc1ccc(N)cc1. The molecule has 3 N–H and O–H groups in total. The molecule has 0 spiro atoms. The highest BCUT2D eigenvalue weighted by molar-refractivity contribution is 5.87. The van der Waals surface area contributed by atoms with Crippen molar-refractivity contribution >= 4 is 11.7 Å². The van der Waals surface area contributed by atoms with Gasteiger partial charge in [-0.3, -0.25) is 0 Å². The van der Waals surface area contributed by atoms with Crippen LogP contribution in [0.4, 0.5) is 5.69 Å². The molecular formula is C15H17NO2. The van der Waals surface area contributed by atoms with E-state index in [2.05, 4.69) is 0 Å². The van der Waals surface area contributed by atoms with E-state index in [1.165, 1.54) is 5.56 Å². The van der Waals surface area contributed by atoms with Gasteiger partial charge in [-0.15, -0.1) is 0 Å². The van der Waals surface area contributed by atoms with Gasteiger partial charge < -0.3 is 10.8 Å². The first-order valence-electron chi connectivity index (χ1n) is 5.61. The Morgan fingerprint density at radius 1 is 0.889 bits per heavy atom. The first-order valence-corrected chi connectivity index (χ1v) is 5.61. The summed E-state index contributed by atoms with van der Waals surface area (Å²) in [6, 6.07) is 14.5. The lowest BCUT2D eigenvalue weighted by Crippen LogP contribution is -1.94. The molecule has 0 heterocycles. The number of nitrogen functional groups attached to an aromatic ring is 1. The summed E-state index contributed by atoms with van der Waals surface area (Å²) in [6.45, 7) is 3.96. The number of hydrogen-bond donors (Lipinski definition) is 2. The third-order valence-corrected chi connectivity index (χ3v) is 2.38. The third-order valence-electron chi connectivity index (χ3n) is 2.38. The standard InChI is InChI=1S/C8H8O2.C7H9N/c1-6-2-4-7(5-3-6)8(9)10;1-6-2-4-7(8)5-3-6/h2-5H,1H3,(H,9,10);2-5H,8H2,1H3. The zero-order valence-corrected chi connectivity index (χ0v) is 10.6. The predicted molar refractivity (Wildman–Crippen MR) is 73.7 cm³/mol. The molecule has 18 heavy (non-hydrogen) atoms. The van der Waals surface area contributed by atoms with Crippen molar-refractivity contribution in [3.05, 3.63) is 65.2 Å². The fraction of sp³-hybridized carbons (Fsp3) is 0.133. The monoisotopic (exact) mass is 243 g/mol. The summed E-state index contributed by atoms with van der Waals surface area (Å²) in [4.78, 5) is 10.3. The Balaban J connectivity index is 0.000000184. The Labute approximate surface area is 107 Å². The lowest BCUT2D eigenvalue weighted by atomic mass is 10.2. The molecule has 3 nitrogen and oxygen atoms in total. The quantitative estimate of drug-likeness (QED) is 0.755.